The van der Waals surface area contributed by atoms with Gasteiger partial charge in [-0.15, -0.1) is 0 Å². The summed E-state index contributed by atoms with van der Waals surface area (Å²) in [6.07, 6.45) is 0.183. The zero-order chi connectivity index (χ0) is 24.5. The third-order valence-corrected chi connectivity index (χ3v) is 6.05. The maximum atomic E-state index is 12.3. The molecule has 0 spiro atoms. The van der Waals surface area contributed by atoms with Crippen LogP contribution in [0.3, 0.4) is 0 Å². The number of fused-ring (bicyclic) bond motifs is 1. The molecule has 182 valence electrons. The largest absolute Gasteiger partial charge is 0.448 e. The summed E-state index contributed by atoms with van der Waals surface area (Å²) in [6, 6.07) is 28.2. The molecule has 0 saturated heterocycles. The standard InChI is InChI=1S/C28H32N4O3/c1-22(31(19-23-11-4-2-5-12-23)20-24-13-6-3-7-14-24)21-35-28(34)29-17-10-18-32-26-16-9-8-15-25(26)30-27(32)33/h2-9,11-16,22H,10,17-21H2,1H3,(H,29,34)(H,30,33)/t22-/m0/s1. The highest BCUT2D eigenvalue weighted by atomic mass is 16.5. The van der Waals surface area contributed by atoms with Crippen LogP contribution in [0.15, 0.2) is 89.7 Å². The van der Waals surface area contributed by atoms with Crippen molar-refractivity contribution in [3.63, 3.8) is 0 Å². The van der Waals surface area contributed by atoms with Crippen molar-refractivity contribution in [3.05, 3.63) is 107 Å². The van der Waals surface area contributed by atoms with Crippen molar-refractivity contribution in [2.24, 2.45) is 0 Å². The third-order valence-electron chi connectivity index (χ3n) is 6.05. The van der Waals surface area contributed by atoms with Crippen LogP contribution in [-0.4, -0.2) is 39.7 Å². The zero-order valence-electron chi connectivity index (χ0n) is 20.0. The van der Waals surface area contributed by atoms with Crippen LogP contribution < -0.4 is 11.0 Å². The van der Waals surface area contributed by atoms with E-state index >= 15 is 0 Å². The highest BCUT2D eigenvalue weighted by Gasteiger charge is 2.17. The van der Waals surface area contributed by atoms with Crippen LogP contribution in [0.4, 0.5) is 4.79 Å². The molecule has 0 radical (unpaired) electrons. The van der Waals surface area contributed by atoms with Crippen LogP contribution in [0, 0.1) is 0 Å². The molecule has 0 aliphatic rings. The normalized spacial score (nSPS) is 12.1. The maximum Gasteiger partial charge on any atom is 0.407 e. The fourth-order valence-electron chi connectivity index (χ4n) is 4.11. The molecule has 1 heterocycles. The fraction of sp³-hybridized carbons (Fsp3) is 0.286. The molecular formula is C28H32N4O3. The molecule has 0 fully saturated rings. The van der Waals surface area contributed by atoms with Crippen molar-refractivity contribution in [1.29, 1.82) is 0 Å². The summed E-state index contributed by atoms with van der Waals surface area (Å²) in [4.78, 5) is 29.6. The van der Waals surface area contributed by atoms with Gasteiger partial charge in [0.2, 0.25) is 0 Å². The molecule has 3 aromatic carbocycles. The molecule has 0 aliphatic heterocycles. The van der Waals surface area contributed by atoms with Gasteiger partial charge in [0.15, 0.2) is 0 Å². The van der Waals surface area contributed by atoms with Crippen LogP contribution in [0.25, 0.3) is 11.0 Å². The number of imidazole rings is 1. The van der Waals surface area contributed by atoms with E-state index in [1.807, 2.05) is 60.7 Å². The molecule has 7 heteroatoms. The number of aromatic amines is 1. The van der Waals surface area contributed by atoms with Crippen molar-refractivity contribution in [2.75, 3.05) is 13.2 Å². The van der Waals surface area contributed by atoms with Gasteiger partial charge < -0.3 is 15.0 Å². The monoisotopic (exact) mass is 472 g/mol. The second kappa shape index (κ2) is 12.0. The Morgan fingerprint density at radius 2 is 1.54 bits per heavy atom. The number of benzene rings is 3. The van der Waals surface area contributed by atoms with E-state index in [1.165, 1.54) is 11.1 Å². The van der Waals surface area contributed by atoms with Crippen LogP contribution >= 0.6 is 0 Å². The van der Waals surface area contributed by atoms with Crippen LogP contribution in [-0.2, 0) is 24.4 Å². The first kappa shape index (κ1) is 24.3. The van der Waals surface area contributed by atoms with Crippen LogP contribution in [0.2, 0.25) is 0 Å². The molecule has 0 bridgehead atoms. The van der Waals surface area contributed by atoms with Gasteiger partial charge in [0, 0.05) is 32.2 Å². The van der Waals surface area contributed by atoms with Gasteiger partial charge in [0.05, 0.1) is 11.0 Å². The Morgan fingerprint density at radius 1 is 0.943 bits per heavy atom. The summed E-state index contributed by atoms with van der Waals surface area (Å²) in [6.45, 7) is 4.83. The van der Waals surface area contributed by atoms with Crippen molar-refractivity contribution >= 4 is 17.1 Å². The number of hydrogen-bond acceptors (Lipinski definition) is 4. The van der Waals surface area contributed by atoms with Gasteiger partial charge in [-0.3, -0.25) is 9.47 Å². The topological polar surface area (TPSA) is 79.4 Å². The SMILES string of the molecule is C[C@@H](COC(=O)NCCCn1c(=O)[nH]c2ccccc21)N(Cc1ccccc1)Cc1ccccc1. The highest BCUT2D eigenvalue weighted by molar-refractivity contribution is 5.74. The van der Waals surface area contributed by atoms with Gasteiger partial charge in [-0.05, 0) is 36.6 Å². The first-order valence-corrected chi connectivity index (χ1v) is 12.0. The Kier molecular flexibility index (Phi) is 8.35. The molecule has 1 amide bonds. The number of rotatable bonds is 11. The molecule has 1 atom stereocenters. The van der Waals surface area contributed by atoms with Gasteiger partial charge >= 0.3 is 11.8 Å². The van der Waals surface area contributed by atoms with Crippen molar-refractivity contribution in [3.8, 4) is 0 Å². The number of para-hydroxylation sites is 2. The predicted molar refractivity (Wildman–Crippen MR) is 138 cm³/mol. The Hall–Kier alpha value is -3.84. The van der Waals surface area contributed by atoms with E-state index in [2.05, 4.69) is 46.4 Å². The molecule has 7 nitrogen and oxygen atoms in total. The summed E-state index contributed by atoms with van der Waals surface area (Å²) in [5.41, 5.74) is 3.97. The number of carbonyl (C=O) groups excluding carboxylic acids is 1. The molecule has 0 unspecified atom stereocenters. The van der Waals surface area contributed by atoms with Crippen LogP contribution in [0.5, 0.6) is 0 Å². The summed E-state index contributed by atoms with van der Waals surface area (Å²) >= 11 is 0. The van der Waals surface area contributed by atoms with Gasteiger partial charge in [-0.25, -0.2) is 9.59 Å². The van der Waals surface area contributed by atoms with Gasteiger partial charge in [-0.1, -0.05) is 72.8 Å². The quantitative estimate of drug-likeness (QED) is 0.314. The number of ether oxygens (including phenoxy) is 1. The van der Waals surface area contributed by atoms with Crippen molar-refractivity contribution in [1.82, 2.24) is 19.8 Å². The lowest BCUT2D eigenvalue weighted by atomic mass is 10.1. The third kappa shape index (κ3) is 6.83. The Labute approximate surface area is 205 Å². The lowest BCUT2D eigenvalue weighted by Crippen LogP contribution is -2.38. The first-order chi connectivity index (χ1) is 17.1. The molecule has 0 aliphatic carbocycles. The number of aromatic nitrogens is 2. The van der Waals surface area contributed by atoms with E-state index in [4.69, 9.17) is 4.74 Å². The maximum absolute atomic E-state index is 12.3. The fourth-order valence-corrected chi connectivity index (χ4v) is 4.11. The minimum atomic E-state index is -0.442. The number of carbonyl (C=O) groups is 1. The van der Waals surface area contributed by atoms with E-state index in [9.17, 15) is 9.59 Å². The van der Waals surface area contributed by atoms with Crippen molar-refractivity contribution < 1.29 is 9.53 Å². The predicted octanol–water partition coefficient (Wildman–Crippen LogP) is 4.54. The number of nitrogens with one attached hydrogen (secondary N) is 2. The van der Waals surface area contributed by atoms with Gasteiger partial charge in [0.1, 0.15) is 6.61 Å². The zero-order valence-corrected chi connectivity index (χ0v) is 20.0. The molecule has 35 heavy (non-hydrogen) atoms. The minimum Gasteiger partial charge on any atom is -0.448 e. The lowest BCUT2D eigenvalue weighted by Gasteiger charge is -2.29. The number of aryl methyl sites for hydroxylation is 1. The van der Waals surface area contributed by atoms with Gasteiger partial charge in [0.25, 0.3) is 0 Å². The molecule has 4 rings (SSSR count). The van der Waals surface area contributed by atoms with E-state index in [0.29, 0.717) is 19.5 Å². The summed E-state index contributed by atoms with van der Waals surface area (Å²) in [5, 5.41) is 2.80. The number of nitrogens with zero attached hydrogens (tertiary/aromatic N) is 2. The molecule has 2 N–H and O–H groups in total. The average molecular weight is 473 g/mol. The van der Waals surface area contributed by atoms with Gasteiger partial charge in [-0.2, -0.15) is 0 Å². The highest BCUT2D eigenvalue weighted by Crippen LogP contribution is 2.14. The Bertz CT molecular complexity index is 1230. The van der Waals surface area contributed by atoms with E-state index in [-0.39, 0.29) is 18.3 Å². The summed E-state index contributed by atoms with van der Waals surface area (Å²) in [7, 11) is 0. The lowest BCUT2D eigenvalue weighted by molar-refractivity contribution is 0.0886. The van der Waals surface area contributed by atoms with Crippen LogP contribution in [0.1, 0.15) is 24.5 Å². The average Bonchev–Trinajstić information content (AvgIpc) is 3.21. The Balaban J connectivity index is 1.25. The number of alkyl carbamates (subject to hydrolysis) is 1. The first-order valence-electron chi connectivity index (χ1n) is 12.0. The van der Waals surface area contributed by atoms with E-state index in [0.717, 1.165) is 24.1 Å². The number of amides is 1. The smallest absolute Gasteiger partial charge is 0.407 e. The van der Waals surface area contributed by atoms with Crippen molar-refractivity contribution in [2.45, 2.75) is 39.0 Å². The summed E-state index contributed by atoms with van der Waals surface area (Å²) < 4.78 is 7.21. The second-order valence-electron chi connectivity index (χ2n) is 8.70. The summed E-state index contributed by atoms with van der Waals surface area (Å²) in [5.74, 6) is 0. The van der Waals surface area contributed by atoms with E-state index < -0.39 is 6.09 Å². The molecular weight excluding hydrogens is 440 g/mol. The molecule has 0 saturated carbocycles. The number of H-pyrrole nitrogens is 1. The molecule has 4 aromatic rings. The molecule has 1 aromatic heterocycles. The van der Waals surface area contributed by atoms with E-state index in [1.54, 1.807) is 4.57 Å². The number of hydrogen-bond donors (Lipinski definition) is 2. The minimum absolute atomic E-state index is 0.0333. The second-order valence-corrected chi connectivity index (χ2v) is 8.70. The Morgan fingerprint density at radius 3 is 2.20 bits per heavy atom.